The zero-order valence-electron chi connectivity index (χ0n) is 6.43. The molecule has 0 aromatic heterocycles. The van der Waals surface area contributed by atoms with E-state index < -0.39 is 0 Å². The van der Waals surface area contributed by atoms with E-state index >= 15 is 0 Å². The number of rotatable bonds is 0. The summed E-state index contributed by atoms with van der Waals surface area (Å²) >= 11 is 0. The van der Waals surface area contributed by atoms with Crippen LogP contribution < -0.4 is 5.32 Å². The molecule has 2 unspecified atom stereocenters. The van der Waals surface area contributed by atoms with Crippen LogP contribution in [0.15, 0.2) is 0 Å². The Balaban J connectivity index is 1.98. The molecule has 2 nitrogen and oxygen atoms in total. The maximum Gasteiger partial charge on any atom is 0.0493 e. The van der Waals surface area contributed by atoms with Crippen molar-refractivity contribution in [3.05, 3.63) is 0 Å². The zero-order chi connectivity index (χ0) is 6.77. The molecule has 4 atom stereocenters. The van der Waals surface area contributed by atoms with Crippen LogP contribution in [0.2, 0.25) is 0 Å². The summed E-state index contributed by atoms with van der Waals surface area (Å²) in [5, 5.41) is 3.52. The summed E-state index contributed by atoms with van der Waals surface area (Å²) in [4.78, 5) is 2.57. The van der Waals surface area contributed by atoms with Crippen molar-refractivity contribution in [3.8, 4) is 0 Å². The summed E-state index contributed by atoms with van der Waals surface area (Å²) in [5.41, 5.74) is 0.642. The van der Waals surface area contributed by atoms with Crippen LogP contribution in [0, 0.1) is 5.92 Å². The molecule has 2 heterocycles. The topological polar surface area (TPSA) is 15.0 Å². The summed E-state index contributed by atoms with van der Waals surface area (Å²) in [6.07, 6.45) is 2.92. The second-order valence-corrected chi connectivity index (χ2v) is 4.09. The van der Waals surface area contributed by atoms with Crippen LogP contribution in [0.1, 0.15) is 12.8 Å². The number of hydrogen-bond donors (Lipinski definition) is 1. The minimum absolute atomic E-state index is 0.642. The van der Waals surface area contributed by atoms with Crippen molar-refractivity contribution in [2.45, 2.75) is 24.4 Å². The molecule has 3 aliphatic rings. The molecule has 0 aromatic carbocycles. The van der Waals surface area contributed by atoms with Gasteiger partial charge in [-0.1, -0.05) is 0 Å². The maximum atomic E-state index is 3.52. The predicted octanol–water partition coefficient (Wildman–Crippen LogP) is 0.0524. The van der Waals surface area contributed by atoms with Crippen molar-refractivity contribution in [2.75, 3.05) is 20.1 Å². The third-order valence-corrected chi connectivity index (χ3v) is 3.83. The molecular weight excluding hydrogens is 124 g/mol. The fourth-order valence-electron chi connectivity index (χ4n) is 3.23. The second-order valence-electron chi connectivity index (χ2n) is 4.09. The Morgan fingerprint density at radius 2 is 2.50 bits per heavy atom. The first kappa shape index (κ1) is 5.56. The number of likely N-dealkylation sites (N-methyl/N-ethyl adjacent to an activating group) is 1. The summed E-state index contributed by atoms with van der Waals surface area (Å²) in [7, 11) is 2.28. The van der Waals surface area contributed by atoms with Crippen molar-refractivity contribution in [1.29, 1.82) is 0 Å². The Bertz CT molecular complexity index is 174. The standard InChI is InChI=1S/C8H14N2/c1-10-7-6-2-3-8(7,10)5-9-4-6/h6-7,9H,2-5H2,1H3/t6-,7-,8?,10?/m0/s1. The Kier molecular flexibility index (Phi) is 0.783. The quantitative estimate of drug-likeness (QED) is 0.476. The van der Waals surface area contributed by atoms with Gasteiger partial charge in [-0.05, 0) is 32.4 Å². The fourth-order valence-corrected chi connectivity index (χ4v) is 3.23. The van der Waals surface area contributed by atoms with E-state index in [1.54, 1.807) is 0 Å². The van der Waals surface area contributed by atoms with E-state index in [0.717, 1.165) is 12.0 Å². The van der Waals surface area contributed by atoms with Crippen LogP contribution >= 0.6 is 0 Å². The number of likely N-dealkylation sites (tertiary alicyclic amines) is 1. The van der Waals surface area contributed by atoms with Gasteiger partial charge in [0.2, 0.25) is 0 Å². The van der Waals surface area contributed by atoms with Crippen LogP contribution in [0.25, 0.3) is 0 Å². The van der Waals surface area contributed by atoms with E-state index in [4.69, 9.17) is 0 Å². The SMILES string of the molecule is CN1[C@H]2[C@H]3CCC21CNC3. The van der Waals surface area contributed by atoms with Crippen molar-refractivity contribution in [3.63, 3.8) is 0 Å². The zero-order valence-corrected chi connectivity index (χ0v) is 6.43. The molecule has 2 heteroatoms. The summed E-state index contributed by atoms with van der Waals surface area (Å²) in [5.74, 6) is 0.985. The van der Waals surface area contributed by atoms with Crippen molar-refractivity contribution < 1.29 is 0 Å². The largest absolute Gasteiger partial charge is 0.314 e. The molecule has 2 saturated heterocycles. The first-order chi connectivity index (χ1) is 4.84. The van der Waals surface area contributed by atoms with Gasteiger partial charge in [-0.2, -0.15) is 0 Å². The molecule has 56 valence electrons. The third-order valence-electron chi connectivity index (χ3n) is 3.83. The van der Waals surface area contributed by atoms with Crippen molar-refractivity contribution in [1.82, 2.24) is 10.2 Å². The first-order valence-electron chi connectivity index (χ1n) is 4.28. The Hall–Kier alpha value is -0.0800. The predicted molar refractivity (Wildman–Crippen MR) is 39.9 cm³/mol. The summed E-state index contributed by atoms with van der Waals surface area (Å²) < 4.78 is 0. The highest BCUT2D eigenvalue weighted by atomic mass is 15.4. The monoisotopic (exact) mass is 138 g/mol. The van der Waals surface area contributed by atoms with Crippen LogP contribution in [-0.2, 0) is 0 Å². The Labute approximate surface area is 61.6 Å². The molecule has 0 aromatic rings. The molecule has 0 radical (unpaired) electrons. The van der Waals surface area contributed by atoms with Crippen molar-refractivity contribution >= 4 is 0 Å². The van der Waals surface area contributed by atoms with E-state index in [0.29, 0.717) is 5.54 Å². The van der Waals surface area contributed by atoms with Gasteiger partial charge in [0.15, 0.2) is 0 Å². The smallest absolute Gasteiger partial charge is 0.0493 e. The maximum absolute atomic E-state index is 3.52. The molecule has 2 aliphatic heterocycles. The number of hydrogen-bond acceptors (Lipinski definition) is 2. The molecule has 10 heavy (non-hydrogen) atoms. The van der Waals surface area contributed by atoms with Crippen LogP contribution in [0.3, 0.4) is 0 Å². The minimum atomic E-state index is 0.642. The Morgan fingerprint density at radius 3 is 3.10 bits per heavy atom. The summed E-state index contributed by atoms with van der Waals surface area (Å²) in [6.45, 7) is 2.53. The molecule has 1 N–H and O–H groups in total. The summed E-state index contributed by atoms with van der Waals surface area (Å²) in [6, 6.07) is 0.966. The average Bonchev–Trinajstić information content (AvgIpc) is 2.47. The minimum Gasteiger partial charge on any atom is -0.314 e. The fraction of sp³-hybridized carbons (Fsp3) is 1.00. The van der Waals surface area contributed by atoms with E-state index in [1.807, 2.05) is 0 Å². The van der Waals surface area contributed by atoms with E-state index in [-0.39, 0.29) is 0 Å². The normalized spacial score (nSPS) is 63.9. The molecule has 1 aliphatic carbocycles. The molecule has 3 rings (SSSR count). The Morgan fingerprint density at radius 1 is 1.60 bits per heavy atom. The lowest BCUT2D eigenvalue weighted by Gasteiger charge is -2.15. The lowest BCUT2D eigenvalue weighted by molar-refractivity contribution is 0.399. The van der Waals surface area contributed by atoms with Gasteiger partial charge >= 0.3 is 0 Å². The molecule has 3 fully saturated rings. The lowest BCUT2D eigenvalue weighted by Crippen LogP contribution is -2.37. The van der Waals surface area contributed by atoms with Gasteiger partial charge in [-0.3, -0.25) is 4.90 Å². The van der Waals surface area contributed by atoms with Gasteiger partial charge in [0, 0.05) is 18.1 Å². The lowest BCUT2D eigenvalue weighted by atomic mass is 10.0. The number of piperidine rings is 2. The van der Waals surface area contributed by atoms with Gasteiger partial charge in [0.25, 0.3) is 0 Å². The van der Waals surface area contributed by atoms with E-state index in [1.165, 1.54) is 25.9 Å². The highest BCUT2D eigenvalue weighted by Crippen LogP contribution is 2.55. The highest BCUT2D eigenvalue weighted by Gasteiger charge is 2.67. The molecule has 0 amide bonds. The second kappa shape index (κ2) is 1.41. The number of nitrogens with one attached hydrogen (secondary N) is 1. The third kappa shape index (κ3) is 0.397. The highest BCUT2D eigenvalue weighted by molar-refractivity contribution is 5.25. The first-order valence-corrected chi connectivity index (χ1v) is 4.28. The molecule has 2 bridgehead atoms. The van der Waals surface area contributed by atoms with E-state index in [2.05, 4.69) is 17.3 Å². The van der Waals surface area contributed by atoms with Crippen LogP contribution in [-0.4, -0.2) is 36.6 Å². The van der Waals surface area contributed by atoms with Crippen molar-refractivity contribution in [2.24, 2.45) is 5.92 Å². The van der Waals surface area contributed by atoms with Gasteiger partial charge < -0.3 is 5.32 Å². The van der Waals surface area contributed by atoms with Gasteiger partial charge in [-0.25, -0.2) is 0 Å². The molecule has 1 saturated carbocycles. The van der Waals surface area contributed by atoms with Crippen LogP contribution in [0.4, 0.5) is 0 Å². The van der Waals surface area contributed by atoms with Gasteiger partial charge in [0.1, 0.15) is 0 Å². The number of nitrogens with zero attached hydrogens (tertiary/aromatic N) is 1. The molecule has 0 spiro atoms. The van der Waals surface area contributed by atoms with Gasteiger partial charge in [-0.15, -0.1) is 0 Å². The molecular formula is C8H14N2. The average molecular weight is 138 g/mol. The van der Waals surface area contributed by atoms with Gasteiger partial charge in [0.05, 0.1) is 0 Å². The van der Waals surface area contributed by atoms with Crippen LogP contribution in [0.5, 0.6) is 0 Å². The van der Waals surface area contributed by atoms with E-state index in [9.17, 15) is 0 Å².